The van der Waals surface area contributed by atoms with Crippen LogP contribution in [0.5, 0.6) is 11.5 Å². The molecule has 0 atom stereocenters. The summed E-state index contributed by atoms with van der Waals surface area (Å²) >= 11 is 0. The van der Waals surface area contributed by atoms with Gasteiger partial charge >= 0.3 is 0 Å². The lowest BCUT2D eigenvalue weighted by atomic mass is 10.1. The zero-order valence-electron chi connectivity index (χ0n) is 38.1. The molecule has 2 N–H and O–H groups in total. The number of unbranched alkanes of at least 4 members (excludes halogenated alkanes) is 20. The Bertz CT molecular complexity index is 1210. The van der Waals surface area contributed by atoms with Gasteiger partial charge in [0.1, 0.15) is 11.5 Å². The lowest BCUT2D eigenvalue weighted by Crippen LogP contribution is -2.42. The van der Waals surface area contributed by atoms with Crippen molar-refractivity contribution in [2.24, 2.45) is 0 Å². The molecule has 0 heterocycles. The van der Waals surface area contributed by atoms with Gasteiger partial charge in [0.25, 0.3) is 11.8 Å². The molecule has 0 bridgehead atoms. The standard InChI is InChI=1S/C48H82N4O8/c1-5-9-13-17-21-25-29-51(30-26-22-18-14-10-6-2)47(57)35-49-45(55)39-59-43-34-44(42(38-54)33-41(43)37-53)60-40-46(56)50-36-48(58)52(31-27-23-19-15-11-7-3)32-28-24-20-16-12-8-4/h33-34,37-38H,5-32,35-36,39-40H2,1-4H3,(H,49,55)(H,50,56). The summed E-state index contributed by atoms with van der Waals surface area (Å²) in [5, 5.41) is 5.29. The van der Waals surface area contributed by atoms with Crippen LogP contribution in [0.3, 0.4) is 0 Å². The number of rotatable bonds is 40. The third kappa shape index (κ3) is 26.3. The number of ether oxygens (including phenoxy) is 2. The van der Waals surface area contributed by atoms with Crippen LogP contribution in [0, 0.1) is 0 Å². The molecule has 342 valence electrons. The van der Waals surface area contributed by atoms with Crippen molar-refractivity contribution in [3.05, 3.63) is 23.3 Å². The quantitative estimate of drug-likeness (QED) is 0.0490. The normalized spacial score (nSPS) is 10.9. The molecule has 0 aliphatic carbocycles. The van der Waals surface area contributed by atoms with Crippen molar-refractivity contribution in [2.45, 2.75) is 182 Å². The summed E-state index contributed by atoms with van der Waals surface area (Å²) in [4.78, 5) is 79.5. The second-order valence-electron chi connectivity index (χ2n) is 16.1. The predicted octanol–water partition coefficient (Wildman–Crippen LogP) is 9.40. The molecular weight excluding hydrogens is 761 g/mol. The summed E-state index contributed by atoms with van der Waals surface area (Å²) in [6.45, 7) is 10.1. The number of amides is 4. The van der Waals surface area contributed by atoms with Crippen molar-refractivity contribution in [3.63, 3.8) is 0 Å². The van der Waals surface area contributed by atoms with Gasteiger partial charge in [-0.25, -0.2) is 0 Å². The van der Waals surface area contributed by atoms with Gasteiger partial charge in [-0.1, -0.05) is 156 Å². The molecule has 12 heteroatoms. The number of carbonyl (C=O) groups is 6. The van der Waals surface area contributed by atoms with Gasteiger partial charge in [-0.05, 0) is 31.7 Å². The van der Waals surface area contributed by atoms with E-state index in [1.807, 2.05) is 9.80 Å². The maximum Gasteiger partial charge on any atom is 0.258 e. The van der Waals surface area contributed by atoms with E-state index in [-0.39, 0.29) is 47.5 Å². The van der Waals surface area contributed by atoms with Crippen molar-refractivity contribution in [2.75, 3.05) is 52.5 Å². The SMILES string of the molecule is CCCCCCCCN(CCCCCCCC)C(=O)CNC(=O)COc1cc(OCC(=O)NCC(=O)N(CCCCCCCC)CCCCCCCC)c(C=O)cc1C=O. The van der Waals surface area contributed by atoms with Crippen molar-refractivity contribution >= 4 is 36.2 Å². The third-order valence-corrected chi connectivity index (χ3v) is 10.8. The Balaban J connectivity index is 2.76. The summed E-state index contributed by atoms with van der Waals surface area (Å²) in [7, 11) is 0. The second kappa shape index (κ2) is 36.9. The van der Waals surface area contributed by atoms with Crippen LogP contribution < -0.4 is 20.1 Å². The molecule has 0 saturated carbocycles. The van der Waals surface area contributed by atoms with Crippen molar-refractivity contribution < 1.29 is 38.2 Å². The fraction of sp³-hybridized carbons (Fsp3) is 0.750. The van der Waals surface area contributed by atoms with E-state index < -0.39 is 25.0 Å². The van der Waals surface area contributed by atoms with Crippen LogP contribution in [0.1, 0.15) is 203 Å². The zero-order chi connectivity index (χ0) is 44.1. The third-order valence-electron chi connectivity index (χ3n) is 10.8. The Hall–Kier alpha value is -3.96. The minimum Gasteiger partial charge on any atom is -0.483 e. The summed E-state index contributed by atoms with van der Waals surface area (Å²) in [5.41, 5.74) is 0.0338. The monoisotopic (exact) mass is 843 g/mol. The highest BCUT2D eigenvalue weighted by Crippen LogP contribution is 2.28. The summed E-state index contributed by atoms with van der Waals surface area (Å²) in [5.74, 6) is -1.42. The van der Waals surface area contributed by atoms with Gasteiger partial charge in [-0.15, -0.1) is 0 Å². The first-order chi connectivity index (χ1) is 29.2. The first kappa shape index (κ1) is 54.1. The molecule has 1 aromatic rings. The average Bonchev–Trinajstić information content (AvgIpc) is 3.26. The fourth-order valence-corrected chi connectivity index (χ4v) is 7.04. The molecule has 0 aliphatic heterocycles. The Morgan fingerprint density at radius 3 is 1.02 bits per heavy atom. The van der Waals surface area contributed by atoms with E-state index in [9.17, 15) is 28.8 Å². The Morgan fingerprint density at radius 2 is 0.733 bits per heavy atom. The van der Waals surface area contributed by atoms with Gasteiger partial charge in [0.2, 0.25) is 11.8 Å². The molecule has 1 rings (SSSR count). The summed E-state index contributed by atoms with van der Waals surface area (Å²) in [6, 6.07) is 2.55. The minimum absolute atomic E-state index is 0.0169. The molecular formula is C48H82N4O8. The van der Waals surface area contributed by atoms with Gasteiger partial charge in [0.15, 0.2) is 25.8 Å². The molecule has 4 amide bonds. The lowest BCUT2D eigenvalue weighted by Gasteiger charge is -2.23. The predicted molar refractivity (Wildman–Crippen MR) is 241 cm³/mol. The highest BCUT2D eigenvalue weighted by atomic mass is 16.5. The maximum absolute atomic E-state index is 13.2. The molecule has 60 heavy (non-hydrogen) atoms. The number of hydrogen-bond acceptors (Lipinski definition) is 8. The van der Waals surface area contributed by atoms with E-state index in [4.69, 9.17) is 9.47 Å². The maximum atomic E-state index is 13.2. The molecule has 0 aliphatic rings. The highest BCUT2D eigenvalue weighted by molar-refractivity contribution is 5.89. The summed E-state index contributed by atoms with van der Waals surface area (Å²) < 4.78 is 11.3. The Kier molecular flexibility index (Phi) is 33.2. The molecule has 0 radical (unpaired) electrons. The molecule has 0 spiro atoms. The van der Waals surface area contributed by atoms with E-state index in [1.165, 1.54) is 89.2 Å². The highest BCUT2D eigenvalue weighted by Gasteiger charge is 2.18. The van der Waals surface area contributed by atoms with Crippen LogP contribution in [0.2, 0.25) is 0 Å². The summed E-state index contributed by atoms with van der Waals surface area (Å²) in [6.07, 6.45) is 28.0. The first-order valence-electron chi connectivity index (χ1n) is 23.7. The number of hydrogen-bond donors (Lipinski definition) is 2. The first-order valence-corrected chi connectivity index (χ1v) is 23.7. The van der Waals surface area contributed by atoms with Crippen molar-refractivity contribution in [1.29, 1.82) is 0 Å². The number of benzene rings is 1. The molecule has 0 unspecified atom stereocenters. The smallest absolute Gasteiger partial charge is 0.258 e. The van der Waals surface area contributed by atoms with E-state index in [2.05, 4.69) is 38.3 Å². The number of carbonyl (C=O) groups excluding carboxylic acids is 6. The van der Waals surface area contributed by atoms with Crippen molar-refractivity contribution in [1.82, 2.24) is 20.4 Å². The molecule has 0 fully saturated rings. The van der Waals surface area contributed by atoms with Crippen LogP contribution in [0.4, 0.5) is 0 Å². The van der Waals surface area contributed by atoms with E-state index in [1.54, 1.807) is 0 Å². The van der Waals surface area contributed by atoms with E-state index >= 15 is 0 Å². The fourth-order valence-electron chi connectivity index (χ4n) is 7.04. The van der Waals surface area contributed by atoms with Gasteiger partial charge in [0.05, 0.1) is 24.2 Å². The number of aldehydes is 2. The van der Waals surface area contributed by atoms with Gasteiger partial charge in [-0.3, -0.25) is 28.8 Å². The van der Waals surface area contributed by atoms with Gasteiger partial charge < -0.3 is 29.9 Å². The average molecular weight is 843 g/mol. The second-order valence-corrected chi connectivity index (χ2v) is 16.1. The molecule has 0 saturated heterocycles. The van der Waals surface area contributed by atoms with E-state index in [0.29, 0.717) is 38.8 Å². The lowest BCUT2D eigenvalue weighted by molar-refractivity contribution is -0.133. The van der Waals surface area contributed by atoms with Crippen LogP contribution >= 0.6 is 0 Å². The molecule has 12 nitrogen and oxygen atoms in total. The van der Waals surface area contributed by atoms with E-state index in [0.717, 1.165) is 77.0 Å². The molecule has 0 aromatic heterocycles. The minimum atomic E-state index is -0.549. The Morgan fingerprint density at radius 1 is 0.450 bits per heavy atom. The number of nitrogens with zero attached hydrogens (tertiary/aromatic N) is 2. The molecule has 1 aromatic carbocycles. The van der Waals surface area contributed by atoms with Crippen LogP contribution in [0.15, 0.2) is 12.1 Å². The van der Waals surface area contributed by atoms with Crippen LogP contribution in [0.25, 0.3) is 0 Å². The Labute approximate surface area is 363 Å². The topological polar surface area (TPSA) is 151 Å². The van der Waals surface area contributed by atoms with Crippen LogP contribution in [-0.4, -0.2) is 98.5 Å². The van der Waals surface area contributed by atoms with Crippen molar-refractivity contribution in [3.8, 4) is 11.5 Å². The van der Waals surface area contributed by atoms with Gasteiger partial charge in [0, 0.05) is 32.2 Å². The zero-order valence-corrected chi connectivity index (χ0v) is 38.1. The van der Waals surface area contributed by atoms with Crippen LogP contribution in [-0.2, 0) is 19.2 Å². The number of nitrogens with one attached hydrogen (secondary N) is 2. The largest absolute Gasteiger partial charge is 0.483 e. The van der Waals surface area contributed by atoms with Gasteiger partial charge in [-0.2, -0.15) is 0 Å².